The largest absolute Gasteiger partial charge is 0.465 e. The zero-order valence-corrected chi connectivity index (χ0v) is 12.7. The predicted octanol–water partition coefficient (Wildman–Crippen LogP) is 1.25. The van der Waals surface area contributed by atoms with E-state index in [-0.39, 0.29) is 12.0 Å². The molecule has 1 aliphatic carbocycles. The van der Waals surface area contributed by atoms with E-state index in [1.54, 1.807) is 5.51 Å². The first-order valence-corrected chi connectivity index (χ1v) is 8.12. The Morgan fingerprint density at radius 2 is 2.18 bits per heavy atom. The number of piperazine rings is 1. The van der Waals surface area contributed by atoms with E-state index in [2.05, 4.69) is 19.9 Å². The standard InChI is InChI=1S/C13H16N6O2S/c14-12-16-10(9-11(17-12)22-6-15-9)19-4-3-18(13(20)21)5-8(19)7-1-2-7/h6-8H,1-5H2,(H,20,21)(H2,14,16,17)/t8-/m1/s1. The van der Waals surface area contributed by atoms with Crippen molar-refractivity contribution in [3.8, 4) is 0 Å². The molecule has 1 atom stereocenters. The molecule has 0 radical (unpaired) electrons. The highest BCUT2D eigenvalue weighted by Crippen LogP contribution is 2.39. The SMILES string of the molecule is Nc1nc(N2CCN(C(=O)O)C[C@@H]2C2CC2)c2ncsc2n1. The lowest BCUT2D eigenvalue weighted by molar-refractivity contribution is 0.132. The number of nitrogens with two attached hydrogens (primary N) is 1. The molecule has 1 saturated carbocycles. The first-order valence-electron chi connectivity index (χ1n) is 7.24. The molecule has 3 N–H and O–H groups in total. The molecular formula is C13H16N6O2S. The Bertz CT molecular complexity index is 730. The maximum atomic E-state index is 11.3. The van der Waals surface area contributed by atoms with Crippen LogP contribution in [0.15, 0.2) is 5.51 Å². The summed E-state index contributed by atoms with van der Waals surface area (Å²) in [5.41, 5.74) is 8.32. The molecule has 3 heterocycles. The van der Waals surface area contributed by atoms with Gasteiger partial charge in [-0.25, -0.2) is 14.8 Å². The van der Waals surface area contributed by atoms with Gasteiger partial charge in [-0.15, -0.1) is 11.3 Å². The van der Waals surface area contributed by atoms with E-state index in [9.17, 15) is 9.90 Å². The summed E-state index contributed by atoms with van der Waals surface area (Å²) in [4.78, 5) is 28.7. The van der Waals surface area contributed by atoms with Crippen LogP contribution in [-0.2, 0) is 0 Å². The third-order valence-corrected chi connectivity index (χ3v) is 5.04. The number of nitrogen functional groups attached to an aromatic ring is 1. The van der Waals surface area contributed by atoms with Crippen LogP contribution in [0.1, 0.15) is 12.8 Å². The van der Waals surface area contributed by atoms with Gasteiger partial charge >= 0.3 is 6.09 Å². The van der Waals surface area contributed by atoms with Crippen LogP contribution >= 0.6 is 11.3 Å². The van der Waals surface area contributed by atoms with Crippen LogP contribution in [0, 0.1) is 5.92 Å². The quantitative estimate of drug-likeness (QED) is 0.857. The Labute approximate surface area is 130 Å². The van der Waals surface area contributed by atoms with Crippen molar-refractivity contribution in [3.05, 3.63) is 5.51 Å². The number of amides is 1. The summed E-state index contributed by atoms with van der Waals surface area (Å²) >= 11 is 1.44. The molecule has 1 aliphatic heterocycles. The average Bonchev–Trinajstić information content (AvgIpc) is 3.24. The van der Waals surface area contributed by atoms with E-state index in [1.807, 2.05) is 0 Å². The number of thiazole rings is 1. The third-order valence-electron chi connectivity index (χ3n) is 4.32. The van der Waals surface area contributed by atoms with Gasteiger partial charge in [0, 0.05) is 19.6 Å². The molecule has 0 bridgehead atoms. The van der Waals surface area contributed by atoms with Crippen LogP contribution < -0.4 is 10.6 Å². The summed E-state index contributed by atoms with van der Waals surface area (Å²) in [6.45, 7) is 1.58. The minimum atomic E-state index is -0.855. The molecule has 22 heavy (non-hydrogen) atoms. The molecule has 9 heteroatoms. The lowest BCUT2D eigenvalue weighted by atomic mass is 10.1. The molecule has 0 aromatic carbocycles. The van der Waals surface area contributed by atoms with Crippen molar-refractivity contribution in [2.24, 2.45) is 5.92 Å². The third kappa shape index (κ3) is 2.21. The summed E-state index contributed by atoms with van der Waals surface area (Å²) in [5, 5.41) is 9.25. The predicted molar refractivity (Wildman–Crippen MR) is 83.1 cm³/mol. The summed E-state index contributed by atoms with van der Waals surface area (Å²) in [6, 6.07) is 0.143. The van der Waals surface area contributed by atoms with Gasteiger partial charge in [0.05, 0.1) is 11.6 Å². The van der Waals surface area contributed by atoms with Crippen molar-refractivity contribution in [1.29, 1.82) is 0 Å². The van der Waals surface area contributed by atoms with Crippen molar-refractivity contribution < 1.29 is 9.90 Å². The van der Waals surface area contributed by atoms with E-state index in [4.69, 9.17) is 5.73 Å². The van der Waals surface area contributed by atoms with Gasteiger partial charge in [0.2, 0.25) is 5.95 Å². The summed E-state index contributed by atoms with van der Waals surface area (Å²) in [5.74, 6) is 1.50. The number of rotatable bonds is 2. The number of carbonyl (C=O) groups is 1. The number of anilines is 2. The molecule has 0 unspecified atom stereocenters. The maximum absolute atomic E-state index is 11.3. The lowest BCUT2D eigenvalue weighted by Crippen LogP contribution is -2.56. The van der Waals surface area contributed by atoms with Gasteiger partial charge < -0.3 is 20.6 Å². The molecule has 2 aromatic heterocycles. The Morgan fingerprint density at radius 1 is 1.36 bits per heavy atom. The lowest BCUT2D eigenvalue weighted by Gasteiger charge is -2.41. The second-order valence-electron chi connectivity index (χ2n) is 5.74. The first-order chi connectivity index (χ1) is 10.6. The number of hydrogen-bond acceptors (Lipinski definition) is 7. The molecule has 1 saturated heterocycles. The van der Waals surface area contributed by atoms with E-state index in [0.717, 1.165) is 29.0 Å². The highest BCUT2D eigenvalue weighted by molar-refractivity contribution is 7.16. The fourth-order valence-electron chi connectivity index (χ4n) is 3.09. The Morgan fingerprint density at radius 3 is 2.91 bits per heavy atom. The highest BCUT2D eigenvalue weighted by Gasteiger charge is 2.41. The number of nitrogens with zero attached hydrogens (tertiary/aromatic N) is 5. The molecule has 116 valence electrons. The molecule has 2 aliphatic rings. The Kier molecular flexibility index (Phi) is 3.03. The van der Waals surface area contributed by atoms with E-state index < -0.39 is 6.09 Å². The number of aromatic nitrogens is 3. The van der Waals surface area contributed by atoms with Gasteiger partial charge in [0.25, 0.3) is 0 Å². The molecule has 0 spiro atoms. The normalized spacial score (nSPS) is 22.3. The topological polar surface area (TPSA) is 108 Å². The van der Waals surface area contributed by atoms with Gasteiger partial charge in [0.1, 0.15) is 5.52 Å². The monoisotopic (exact) mass is 320 g/mol. The summed E-state index contributed by atoms with van der Waals surface area (Å²) in [6.07, 6.45) is 1.41. The van der Waals surface area contributed by atoms with Gasteiger partial charge in [0.15, 0.2) is 10.6 Å². The highest BCUT2D eigenvalue weighted by atomic mass is 32.1. The van der Waals surface area contributed by atoms with Crippen LogP contribution in [-0.4, -0.2) is 56.7 Å². The van der Waals surface area contributed by atoms with E-state index in [1.165, 1.54) is 16.2 Å². The average molecular weight is 320 g/mol. The Hall–Kier alpha value is -2.16. The maximum Gasteiger partial charge on any atom is 0.407 e. The van der Waals surface area contributed by atoms with Gasteiger partial charge in [-0.05, 0) is 18.8 Å². The van der Waals surface area contributed by atoms with Crippen LogP contribution in [0.25, 0.3) is 10.3 Å². The van der Waals surface area contributed by atoms with E-state index >= 15 is 0 Å². The number of carboxylic acid groups (broad SMARTS) is 1. The van der Waals surface area contributed by atoms with Gasteiger partial charge in [-0.2, -0.15) is 4.98 Å². The van der Waals surface area contributed by atoms with E-state index in [0.29, 0.717) is 25.6 Å². The van der Waals surface area contributed by atoms with Crippen molar-refractivity contribution in [2.75, 3.05) is 30.3 Å². The Balaban J connectivity index is 1.73. The number of fused-ring (bicyclic) bond motifs is 1. The van der Waals surface area contributed by atoms with Gasteiger partial charge in [-0.3, -0.25) is 0 Å². The van der Waals surface area contributed by atoms with Crippen LogP contribution in [0.3, 0.4) is 0 Å². The second-order valence-corrected chi connectivity index (χ2v) is 6.57. The molecule has 8 nitrogen and oxygen atoms in total. The molecule has 2 aromatic rings. The fourth-order valence-corrected chi connectivity index (χ4v) is 3.75. The van der Waals surface area contributed by atoms with Crippen molar-refractivity contribution in [2.45, 2.75) is 18.9 Å². The summed E-state index contributed by atoms with van der Waals surface area (Å²) < 4.78 is 0. The summed E-state index contributed by atoms with van der Waals surface area (Å²) in [7, 11) is 0. The van der Waals surface area contributed by atoms with Gasteiger partial charge in [-0.1, -0.05) is 0 Å². The zero-order chi connectivity index (χ0) is 15.3. The first kappa shape index (κ1) is 13.5. The smallest absolute Gasteiger partial charge is 0.407 e. The second kappa shape index (κ2) is 4.94. The van der Waals surface area contributed by atoms with Crippen molar-refractivity contribution in [3.63, 3.8) is 0 Å². The fraction of sp³-hybridized carbons (Fsp3) is 0.538. The number of hydrogen-bond donors (Lipinski definition) is 2. The molecular weight excluding hydrogens is 304 g/mol. The van der Waals surface area contributed by atoms with Crippen molar-refractivity contribution in [1.82, 2.24) is 19.9 Å². The van der Waals surface area contributed by atoms with Crippen LogP contribution in [0.4, 0.5) is 16.6 Å². The van der Waals surface area contributed by atoms with Crippen molar-refractivity contribution >= 4 is 39.5 Å². The minimum Gasteiger partial charge on any atom is -0.465 e. The van der Waals surface area contributed by atoms with Crippen LogP contribution in [0.2, 0.25) is 0 Å². The molecule has 1 amide bonds. The molecule has 2 fully saturated rings. The van der Waals surface area contributed by atoms with Crippen LogP contribution in [0.5, 0.6) is 0 Å². The zero-order valence-electron chi connectivity index (χ0n) is 11.8. The minimum absolute atomic E-state index is 0.143. The molecule has 4 rings (SSSR count).